The van der Waals surface area contributed by atoms with Gasteiger partial charge in [0.25, 0.3) is 0 Å². The van der Waals surface area contributed by atoms with Crippen LogP contribution in [0.15, 0.2) is 6.33 Å². The van der Waals surface area contributed by atoms with Crippen LogP contribution in [0.25, 0.3) is 0 Å². The molecule has 0 aliphatic carbocycles. The first-order chi connectivity index (χ1) is 9.31. The summed E-state index contributed by atoms with van der Waals surface area (Å²) in [5.74, 6) is 7.17. The second-order valence-electron chi connectivity index (χ2n) is 6.36. The molecule has 1 aromatic rings. The van der Waals surface area contributed by atoms with E-state index >= 15 is 0 Å². The van der Waals surface area contributed by atoms with Crippen LogP contribution in [-0.2, 0) is 0 Å². The summed E-state index contributed by atoms with van der Waals surface area (Å²) in [6, 6.07) is 0.116. The van der Waals surface area contributed by atoms with Crippen LogP contribution in [0.5, 0.6) is 0 Å². The molecule has 0 saturated carbocycles. The first kappa shape index (κ1) is 16.7. The van der Waals surface area contributed by atoms with Crippen LogP contribution < -0.4 is 16.6 Å². The van der Waals surface area contributed by atoms with Crippen LogP contribution in [0.3, 0.4) is 0 Å². The van der Waals surface area contributed by atoms with Crippen molar-refractivity contribution < 1.29 is 5.11 Å². The number of nitrogen functional groups attached to an aromatic ring is 1. The zero-order chi connectivity index (χ0) is 15.3. The highest BCUT2D eigenvalue weighted by Gasteiger charge is 2.26. The number of hydrazine groups is 1. The average molecular weight is 281 g/mol. The predicted molar refractivity (Wildman–Crippen MR) is 82.5 cm³/mol. The van der Waals surface area contributed by atoms with Gasteiger partial charge in [-0.05, 0) is 17.8 Å². The zero-order valence-corrected chi connectivity index (χ0v) is 13.1. The van der Waals surface area contributed by atoms with E-state index < -0.39 is 0 Å². The van der Waals surface area contributed by atoms with Crippen molar-refractivity contribution in [1.82, 2.24) is 9.97 Å². The lowest BCUT2D eigenvalue weighted by Gasteiger charge is -2.32. The van der Waals surface area contributed by atoms with E-state index in [1.54, 1.807) is 0 Å². The molecule has 0 amide bonds. The Kier molecular flexibility index (Phi) is 5.71. The number of rotatable bonds is 6. The van der Waals surface area contributed by atoms with Crippen molar-refractivity contribution in [2.24, 2.45) is 11.3 Å². The number of nitrogens with two attached hydrogens (primary N) is 1. The summed E-state index contributed by atoms with van der Waals surface area (Å²) in [7, 11) is 0. The largest absolute Gasteiger partial charge is 0.396 e. The molecule has 0 saturated heterocycles. The summed E-state index contributed by atoms with van der Waals surface area (Å²) in [5, 5.41) is 12.7. The molecule has 1 atom stereocenters. The minimum absolute atomic E-state index is 0.0121. The molecule has 0 aromatic carbocycles. The summed E-state index contributed by atoms with van der Waals surface area (Å²) in [4.78, 5) is 8.50. The molecule has 0 fully saturated rings. The summed E-state index contributed by atoms with van der Waals surface area (Å²) < 4.78 is 0. The molecule has 6 heteroatoms. The van der Waals surface area contributed by atoms with Gasteiger partial charge in [0, 0.05) is 18.2 Å². The number of hydrogen-bond acceptors (Lipinski definition) is 6. The maximum absolute atomic E-state index is 9.25. The number of aliphatic hydroxyl groups is 1. The van der Waals surface area contributed by atoms with Crippen LogP contribution in [0, 0.1) is 5.41 Å². The number of aliphatic hydroxyl groups excluding tert-OH is 1. The van der Waals surface area contributed by atoms with E-state index in [2.05, 4.69) is 55.3 Å². The molecule has 1 unspecified atom stereocenters. The first-order valence-corrected chi connectivity index (χ1v) is 7.00. The number of nitrogens with zero attached hydrogens (tertiary/aromatic N) is 2. The van der Waals surface area contributed by atoms with E-state index in [1.807, 2.05) is 0 Å². The summed E-state index contributed by atoms with van der Waals surface area (Å²) in [6.45, 7) is 10.7. The number of hydrogen-bond donors (Lipinski definition) is 4. The predicted octanol–water partition coefficient (Wildman–Crippen LogP) is 2.09. The molecule has 0 aliphatic rings. The van der Waals surface area contributed by atoms with Crippen molar-refractivity contribution in [2.75, 3.05) is 17.3 Å². The van der Waals surface area contributed by atoms with E-state index in [9.17, 15) is 5.11 Å². The lowest BCUT2D eigenvalue weighted by atomic mass is 9.84. The van der Waals surface area contributed by atoms with Gasteiger partial charge >= 0.3 is 0 Å². The first-order valence-electron chi connectivity index (χ1n) is 7.00. The monoisotopic (exact) mass is 281 g/mol. The maximum atomic E-state index is 9.25. The molecular formula is C14H27N5O. The molecule has 0 aliphatic heterocycles. The van der Waals surface area contributed by atoms with Gasteiger partial charge in [0.05, 0.1) is 0 Å². The van der Waals surface area contributed by atoms with E-state index in [4.69, 9.17) is 5.84 Å². The number of aromatic nitrogens is 2. The maximum Gasteiger partial charge on any atom is 0.148 e. The minimum Gasteiger partial charge on any atom is -0.396 e. The van der Waals surface area contributed by atoms with Crippen LogP contribution >= 0.6 is 0 Å². The Bertz CT molecular complexity index is 428. The van der Waals surface area contributed by atoms with Gasteiger partial charge in [-0.15, -0.1) is 0 Å². The van der Waals surface area contributed by atoms with E-state index in [0.29, 0.717) is 12.2 Å². The molecular weight excluding hydrogens is 254 g/mol. The Morgan fingerprint density at radius 1 is 1.25 bits per heavy atom. The Labute approximate surface area is 121 Å². The lowest BCUT2D eigenvalue weighted by Crippen LogP contribution is -2.35. The zero-order valence-electron chi connectivity index (χ0n) is 13.1. The Morgan fingerprint density at radius 3 is 2.30 bits per heavy atom. The smallest absolute Gasteiger partial charge is 0.148 e. The quantitative estimate of drug-likeness (QED) is 0.471. The van der Waals surface area contributed by atoms with E-state index in [-0.39, 0.29) is 24.0 Å². The normalized spacial score (nSPS) is 13.4. The topological polar surface area (TPSA) is 96.1 Å². The molecule has 114 valence electrons. The number of nitrogens with one attached hydrogen (secondary N) is 2. The van der Waals surface area contributed by atoms with Gasteiger partial charge in [-0.2, -0.15) is 0 Å². The Hall–Kier alpha value is -1.40. The standard InChI is InChI=1S/C14H27N5O/c1-9(2)11-12(16-8-17-13(11)19-15)18-10(6-7-20)14(3,4)5/h8-10,20H,6-7,15H2,1-5H3,(H2,16,17,18,19). The summed E-state index contributed by atoms with van der Waals surface area (Å²) >= 11 is 0. The highest BCUT2D eigenvalue weighted by Crippen LogP contribution is 2.31. The third-order valence-corrected chi connectivity index (χ3v) is 3.37. The lowest BCUT2D eigenvalue weighted by molar-refractivity contribution is 0.235. The molecule has 5 N–H and O–H groups in total. The third kappa shape index (κ3) is 4.05. The molecule has 20 heavy (non-hydrogen) atoms. The van der Waals surface area contributed by atoms with Crippen LogP contribution in [0.4, 0.5) is 11.6 Å². The molecule has 0 radical (unpaired) electrons. The SMILES string of the molecule is CC(C)c1c(NN)ncnc1NC(CCO)C(C)(C)C. The van der Waals surface area contributed by atoms with E-state index in [1.165, 1.54) is 6.33 Å². The van der Waals surface area contributed by atoms with Gasteiger partial charge < -0.3 is 15.8 Å². The van der Waals surface area contributed by atoms with Crippen LogP contribution in [-0.4, -0.2) is 27.7 Å². The summed E-state index contributed by atoms with van der Waals surface area (Å²) in [6.07, 6.45) is 2.15. The second-order valence-corrected chi connectivity index (χ2v) is 6.36. The molecule has 0 spiro atoms. The van der Waals surface area contributed by atoms with Gasteiger partial charge in [0.2, 0.25) is 0 Å². The van der Waals surface area contributed by atoms with Crippen molar-refractivity contribution in [3.05, 3.63) is 11.9 Å². The Balaban J connectivity index is 3.12. The fourth-order valence-corrected chi connectivity index (χ4v) is 2.19. The Morgan fingerprint density at radius 2 is 1.85 bits per heavy atom. The van der Waals surface area contributed by atoms with Crippen LogP contribution in [0.1, 0.15) is 52.5 Å². The van der Waals surface area contributed by atoms with Gasteiger partial charge in [-0.1, -0.05) is 34.6 Å². The van der Waals surface area contributed by atoms with Crippen molar-refractivity contribution in [3.8, 4) is 0 Å². The molecule has 0 bridgehead atoms. The fraction of sp³-hybridized carbons (Fsp3) is 0.714. The number of anilines is 2. The molecule has 1 heterocycles. The van der Waals surface area contributed by atoms with Crippen molar-refractivity contribution in [1.29, 1.82) is 0 Å². The minimum atomic E-state index is 0.0121. The van der Waals surface area contributed by atoms with Gasteiger partial charge in [0.1, 0.15) is 18.0 Å². The molecule has 1 rings (SSSR count). The highest BCUT2D eigenvalue weighted by atomic mass is 16.3. The average Bonchev–Trinajstić information content (AvgIpc) is 2.36. The van der Waals surface area contributed by atoms with Gasteiger partial charge in [-0.25, -0.2) is 15.8 Å². The third-order valence-electron chi connectivity index (χ3n) is 3.37. The molecule has 1 aromatic heterocycles. The van der Waals surface area contributed by atoms with Gasteiger partial charge in [0.15, 0.2) is 0 Å². The molecule has 6 nitrogen and oxygen atoms in total. The van der Waals surface area contributed by atoms with Crippen molar-refractivity contribution >= 4 is 11.6 Å². The summed E-state index contributed by atoms with van der Waals surface area (Å²) in [5.41, 5.74) is 3.59. The van der Waals surface area contributed by atoms with Crippen molar-refractivity contribution in [2.45, 2.75) is 53.0 Å². The van der Waals surface area contributed by atoms with Gasteiger partial charge in [-0.3, -0.25) is 0 Å². The van der Waals surface area contributed by atoms with E-state index in [0.717, 1.165) is 11.4 Å². The fourth-order valence-electron chi connectivity index (χ4n) is 2.19. The second kappa shape index (κ2) is 6.85. The van der Waals surface area contributed by atoms with Crippen LogP contribution in [0.2, 0.25) is 0 Å². The highest BCUT2D eigenvalue weighted by molar-refractivity contribution is 5.58. The van der Waals surface area contributed by atoms with Crippen molar-refractivity contribution in [3.63, 3.8) is 0 Å².